The fourth-order valence-electron chi connectivity index (χ4n) is 2.94. The number of esters is 1. The summed E-state index contributed by atoms with van der Waals surface area (Å²) >= 11 is 0. The molecule has 0 heterocycles. The van der Waals surface area contributed by atoms with Gasteiger partial charge in [-0.3, -0.25) is 9.69 Å². The second-order valence-corrected chi connectivity index (χ2v) is 7.67. The molecule has 1 unspecified atom stereocenters. The number of hydrogen-bond donors (Lipinski definition) is 0. The molecule has 0 radical (unpaired) electrons. The summed E-state index contributed by atoms with van der Waals surface area (Å²) in [7, 11) is 0. The van der Waals surface area contributed by atoms with Crippen LogP contribution in [0.25, 0.3) is 0 Å². The Kier molecular flexibility index (Phi) is 7.68. The zero-order valence-corrected chi connectivity index (χ0v) is 16.1. The second-order valence-electron chi connectivity index (χ2n) is 7.67. The van der Waals surface area contributed by atoms with Crippen molar-refractivity contribution in [3.63, 3.8) is 0 Å². The van der Waals surface area contributed by atoms with Crippen LogP contribution in [-0.2, 0) is 9.53 Å². The van der Waals surface area contributed by atoms with Crippen molar-refractivity contribution in [3.05, 3.63) is 48.6 Å². The summed E-state index contributed by atoms with van der Waals surface area (Å²) in [5, 5.41) is 0. The number of benzene rings is 1. The Morgan fingerprint density at radius 3 is 2.25 bits per heavy atom. The largest absolute Gasteiger partial charge is 0.460 e. The lowest BCUT2D eigenvalue weighted by Gasteiger charge is -2.38. The average Bonchev–Trinajstić information content (AvgIpc) is 2.49. The highest BCUT2D eigenvalue weighted by molar-refractivity contribution is 5.70. The molecule has 0 aliphatic heterocycles. The SMILES string of the molecule is C=CCN(C(C)c1ccccc1)[C@H](CC(=O)OC(C)(C)C)C(C)C. The number of carbonyl (C=O) groups is 1. The Morgan fingerprint density at radius 2 is 1.79 bits per heavy atom. The first-order valence-electron chi connectivity index (χ1n) is 8.79. The number of carbonyl (C=O) groups excluding carboxylic acids is 1. The van der Waals surface area contributed by atoms with Crippen LogP contribution in [0, 0.1) is 5.92 Å². The smallest absolute Gasteiger partial charge is 0.307 e. The Bertz CT molecular complexity index is 516. The third kappa shape index (κ3) is 6.48. The lowest BCUT2D eigenvalue weighted by molar-refractivity contribution is -0.157. The van der Waals surface area contributed by atoms with Gasteiger partial charge in [0, 0.05) is 18.6 Å². The molecule has 0 amide bonds. The van der Waals surface area contributed by atoms with Gasteiger partial charge in [0.2, 0.25) is 0 Å². The number of hydrogen-bond acceptors (Lipinski definition) is 3. The molecular formula is C21H33NO2. The van der Waals surface area contributed by atoms with E-state index in [-0.39, 0.29) is 18.1 Å². The summed E-state index contributed by atoms with van der Waals surface area (Å²) < 4.78 is 5.54. The van der Waals surface area contributed by atoms with E-state index in [9.17, 15) is 4.79 Å². The average molecular weight is 332 g/mol. The molecule has 0 bridgehead atoms. The van der Waals surface area contributed by atoms with Gasteiger partial charge >= 0.3 is 5.97 Å². The van der Waals surface area contributed by atoms with E-state index in [1.165, 1.54) is 5.56 Å². The molecule has 0 saturated heterocycles. The van der Waals surface area contributed by atoms with Gasteiger partial charge in [0.25, 0.3) is 0 Å². The van der Waals surface area contributed by atoms with Crippen LogP contribution in [0.15, 0.2) is 43.0 Å². The van der Waals surface area contributed by atoms with Gasteiger partial charge in [-0.15, -0.1) is 6.58 Å². The van der Waals surface area contributed by atoms with Crippen LogP contribution in [0.2, 0.25) is 0 Å². The Hall–Kier alpha value is -1.61. The van der Waals surface area contributed by atoms with Crippen LogP contribution in [-0.4, -0.2) is 29.1 Å². The molecule has 0 aromatic heterocycles. The molecule has 1 aromatic rings. The van der Waals surface area contributed by atoms with Crippen LogP contribution in [0.4, 0.5) is 0 Å². The van der Waals surface area contributed by atoms with Crippen LogP contribution in [0.5, 0.6) is 0 Å². The van der Waals surface area contributed by atoms with E-state index in [0.29, 0.717) is 12.3 Å². The van der Waals surface area contributed by atoms with Gasteiger partial charge in [-0.2, -0.15) is 0 Å². The predicted octanol–water partition coefficient (Wildman–Crippen LogP) is 4.99. The highest BCUT2D eigenvalue weighted by atomic mass is 16.6. The Labute approximate surface area is 147 Å². The molecule has 1 rings (SSSR count). The van der Waals surface area contributed by atoms with Crippen molar-refractivity contribution < 1.29 is 9.53 Å². The number of ether oxygens (including phenoxy) is 1. The van der Waals surface area contributed by atoms with E-state index in [1.54, 1.807) is 0 Å². The summed E-state index contributed by atoms with van der Waals surface area (Å²) in [6, 6.07) is 10.7. The minimum absolute atomic E-state index is 0.105. The third-order valence-electron chi connectivity index (χ3n) is 4.11. The van der Waals surface area contributed by atoms with Gasteiger partial charge in [-0.25, -0.2) is 0 Å². The normalized spacial score (nSPS) is 14.5. The molecule has 0 N–H and O–H groups in total. The van der Waals surface area contributed by atoms with Gasteiger partial charge in [0.1, 0.15) is 5.60 Å². The molecule has 24 heavy (non-hydrogen) atoms. The summed E-state index contributed by atoms with van der Waals surface area (Å²) in [5.41, 5.74) is 0.793. The standard InChI is InChI=1S/C21H33NO2/c1-8-14-22(17(4)18-12-10-9-11-13-18)19(16(2)3)15-20(23)24-21(5,6)7/h8-13,16-17,19H,1,14-15H2,2-7H3/t17?,19-/m1/s1. The Balaban J connectivity index is 2.98. The van der Waals surface area contributed by atoms with Crippen LogP contribution in [0.1, 0.15) is 59.6 Å². The highest BCUT2D eigenvalue weighted by Gasteiger charge is 2.30. The molecule has 0 saturated carbocycles. The fourth-order valence-corrected chi connectivity index (χ4v) is 2.94. The van der Waals surface area contributed by atoms with Gasteiger partial charge in [0.15, 0.2) is 0 Å². The molecule has 3 heteroatoms. The van der Waals surface area contributed by atoms with E-state index in [2.05, 4.69) is 56.5 Å². The first-order chi connectivity index (χ1) is 11.2. The maximum absolute atomic E-state index is 12.4. The predicted molar refractivity (Wildman–Crippen MR) is 101 cm³/mol. The lowest BCUT2D eigenvalue weighted by Crippen LogP contribution is -2.43. The van der Waals surface area contributed by atoms with Crippen LogP contribution < -0.4 is 0 Å². The first-order valence-corrected chi connectivity index (χ1v) is 8.79. The fraction of sp³-hybridized carbons (Fsp3) is 0.571. The monoisotopic (exact) mass is 331 g/mol. The van der Waals surface area contributed by atoms with Gasteiger partial charge in [0.05, 0.1) is 6.42 Å². The molecule has 0 aliphatic rings. The molecule has 1 aromatic carbocycles. The van der Waals surface area contributed by atoms with Gasteiger partial charge < -0.3 is 4.74 Å². The zero-order chi connectivity index (χ0) is 18.3. The maximum Gasteiger partial charge on any atom is 0.307 e. The highest BCUT2D eigenvalue weighted by Crippen LogP contribution is 2.27. The number of rotatable bonds is 8. The molecule has 0 aliphatic carbocycles. The molecular weight excluding hydrogens is 298 g/mol. The zero-order valence-electron chi connectivity index (χ0n) is 16.1. The van der Waals surface area contributed by atoms with Crippen LogP contribution in [0.3, 0.4) is 0 Å². The minimum Gasteiger partial charge on any atom is -0.460 e. The van der Waals surface area contributed by atoms with E-state index < -0.39 is 5.60 Å². The van der Waals surface area contributed by atoms with E-state index in [1.807, 2.05) is 32.9 Å². The molecule has 2 atom stereocenters. The first kappa shape index (κ1) is 20.4. The second kappa shape index (κ2) is 9.03. The topological polar surface area (TPSA) is 29.5 Å². The molecule has 0 fully saturated rings. The summed E-state index contributed by atoms with van der Waals surface area (Å²) in [5.74, 6) is 0.194. The van der Waals surface area contributed by atoms with Crippen molar-refractivity contribution in [3.8, 4) is 0 Å². The van der Waals surface area contributed by atoms with E-state index >= 15 is 0 Å². The quantitative estimate of drug-likeness (QED) is 0.496. The van der Waals surface area contributed by atoms with Crippen molar-refractivity contribution in [1.82, 2.24) is 4.90 Å². The number of nitrogens with zero attached hydrogens (tertiary/aromatic N) is 1. The van der Waals surface area contributed by atoms with Crippen LogP contribution >= 0.6 is 0 Å². The summed E-state index contributed by atoms with van der Waals surface area (Å²) in [6.07, 6.45) is 2.30. The van der Waals surface area contributed by atoms with Gasteiger partial charge in [-0.1, -0.05) is 50.3 Å². The summed E-state index contributed by atoms with van der Waals surface area (Å²) in [4.78, 5) is 14.7. The van der Waals surface area contributed by atoms with E-state index in [0.717, 1.165) is 6.54 Å². The van der Waals surface area contributed by atoms with Gasteiger partial charge in [-0.05, 0) is 39.2 Å². The van der Waals surface area contributed by atoms with Crippen molar-refractivity contribution in [1.29, 1.82) is 0 Å². The van der Waals surface area contributed by atoms with E-state index in [4.69, 9.17) is 4.74 Å². The molecule has 3 nitrogen and oxygen atoms in total. The minimum atomic E-state index is -0.451. The molecule has 134 valence electrons. The van der Waals surface area contributed by atoms with Crippen molar-refractivity contribution in [2.75, 3.05) is 6.54 Å². The molecule has 0 spiro atoms. The lowest BCUT2D eigenvalue weighted by atomic mass is 9.95. The Morgan fingerprint density at radius 1 is 1.21 bits per heavy atom. The van der Waals surface area contributed by atoms with Crippen molar-refractivity contribution >= 4 is 5.97 Å². The summed E-state index contributed by atoms with van der Waals surface area (Å²) in [6.45, 7) is 16.9. The van der Waals surface area contributed by atoms with Crippen molar-refractivity contribution in [2.45, 2.75) is 65.6 Å². The maximum atomic E-state index is 12.4. The third-order valence-corrected chi connectivity index (χ3v) is 4.11. The van der Waals surface area contributed by atoms with Crippen molar-refractivity contribution in [2.24, 2.45) is 5.92 Å².